The predicted molar refractivity (Wildman–Crippen MR) is 70.7 cm³/mol. The summed E-state index contributed by atoms with van der Waals surface area (Å²) in [6, 6.07) is 4.65. The van der Waals surface area contributed by atoms with Crippen molar-refractivity contribution in [3.63, 3.8) is 0 Å². The van der Waals surface area contributed by atoms with Gasteiger partial charge in [-0.3, -0.25) is 4.79 Å². The van der Waals surface area contributed by atoms with Gasteiger partial charge in [0.1, 0.15) is 0 Å². The van der Waals surface area contributed by atoms with Gasteiger partial charge in [0.05, 0.1) is 10.1 Å². The van der Waals surface area contributed by atoms with Crippen LogP contribution >= 0.6 is 0 Å². The lowest BCUT2D eigenvalue weighted by molar-refractivity contribution is -0.117. The second-order valence-corrected chi connectivity index (χ2v) is 6.95. The highest BCUT2D eigenvalue weighted by Gasteiger charge is 2.22. The lowest BCUT2D eigenvalue weighted by atomic mass is 10.2. The van der Waals surface area contributed by atoms with E-state index in [1.54, 1.807) is 33.0 Å². The molecule has 0 aromatic heterocycles. The molecule has 0 saturated carbocycles. The van der Waals surface area contributed by atoms with Crippen molar-refractivity contribution in [1.29, 1.82) is 0 Å². The highest BCUT2D eigenvalue weighted by Crippen LogP contribution is 2.23. The SMILES string of the molecule is CC(C)S(=O)(=O)c1ccc(N)cc1CN(C)C=O. The van der Waals surface area contributed by atoms with E-state index in [4.69, 9.17) is 5.73 Å². The summed E-state index contributed by atoms with van der Waals surface area (Å²) < 4.78 is 24.4. The van der Waals surface area contributed by atoms with Crippen LogP contribution in [0.4, 0.5) is 5.69 Å². The molecule has 0 atom stereocenters. The fourth-order valence-electron chi connectivity index (χ4n) is 1.56. The number of amides is 1. The Bertz CT molecular complexity index is 538. The van der Waals surface area contributed by atoms with E-state index in [2.05, 4.69) is 0 Å². The number of anilines is 1. The Hall–Kier alpha value is -1.56. The third kappa shape index (κ3) is 3.01. The van der Waals surface area contributed by atoms with Crippen LogP contribution in [0.3, 0.4) is 0 Å². The Morgan fingerprint density at radius 1 is 1.39 bits per heavy atom. The van der Waals surface area contributed by atoms with Crippen molar-refractivity contribution in [2.24, 2.45) is 0 Å². The van der Waals surface area contributed by atoms with Crippen LogP contribution in [0, 0.1) is 0 Å². The second kappa shape index (κ2) is 5.39. The van der Waals surface area contributed by atoms with Crippen molar-refractivity contribution in [3.05, 3.63) is 23.8 Å². The van der Waals surface area contributed by atoms with Crippen LogP contribution < -0.4 is 5.73 Å². The third-order valence-corrected chi connectivity index (χ3v) is 4.86. The molecule has 1 aromatic rings. The molecule has 0 unspecified atom stereocenters. The fourth-order valence-corrected chi connectivity index (χ4v) is 2.81. The van der Waals surface area contributed by atoms with Crippen molar-refractivity contribution in [3.8, 4) is 0 Å². The summed E-state index contributed by atoms with van der Waals surface area (Å²) in [5.74, 6) is 0. The van der Waals surface area contributed by atoms with Gasteiger partial charge in [-0.2, -0.15) is 0 Å². The molecule has 18 heavy (non-hydrogen) atoms. The van der Waals surface area contributed by atoms with Crippen molar-refractivity contribution in [2.75, 3.05) is 12.8 Å². The van der Waals surface area contributed by atoms with Gasteiger partial charge in [0.15, 0.2) is 9.84 Å². The Balaban J connectivity index is 3.32. The van der Waals surface area contributed by atoms with Crippen LogP contribution in [0.15, 0.2) is 23.1 Å². The molecule has 6 heteroatoms. The monoisotopic (exact) mass is 270 g/mol. The predicted octanol–water partition coefficient (Wildman–Crippen LogP) is 1.04. The van der Waals surface area contributed by atoms with Gasteiger partial charge in [-0.25, -0.2) is 8.42 Å². The zero-order valence-electron chi connectivity index (χ0n) is 10.8. The van der Waals surface area contributed by atoms with Gasteiger partial charge < -0.3 is 10.6 Å². The van der Waals surface area contributed by atoms with E-state index in [1.807, 2.05) is 0 Å². The number of nitrogens with two attached hydrogens (primary N) is 1. The molecule has 0 aliphatic heterocycles. The molecular formula is C12H18N2O3S. The highest BCUT2D eigenvalue weighted by atomic mass is 32.2. The molecule has 1 amide bonds. The lowest BCUT2D eigenvalue weighted by Gasteiger charge is -2.17. The number of nitrogens with zero attached hydrogens (tertiary/aromatic N) is 1. The maximum absolute atomic E-state index is 12.2. The minimum atomic E-state index is -3.38. The standard InChI is InChI=1S/C12H18N2O3S/c1-9(2)18(16,17)12-5-4-11(13)6-10(12)7-14(3)8-15/h4-6,8-9H,7,13H2,1-3H3. The Morgan fingerprint density at radius 2 is 2.00 bits per heavy atom. The average Bonchev–Trinajstić information content (AvgIpc) is 2.28. The molecule has 0 bridgehead atoms. The number of carbonyl (C=O) groups excluding carboxylic acids is 1. The maximum atomic E-state index is 12.2. The molecule has 0 heterocycles. The Morgan fingerprint density at radius 3 is 2.50 bits per heavy atom. The van der Waals surface area contributed by atoms with Crippen molar-refractivity contribution in [1.82, 2.24) is 4.90 Å². The summed E-state index contributed by atoms with van der Waals surface area (Å²) in [5.41, 5.74) is 6.68. The molecule has 0 fully saturated rings. The minimum Gasteiger partial charge on any atom is -0.399 e. The number of hydrogen-bond donors (Lipinski definition) is 1. The van der Waals surface area contributed by atoms with E-state index in [-0.39, 0.29) is 11.4 Å². The van der Waals surface area contributed by atoms with E-state index in [0.29, 0.717) is 17.7 Å². The van der Waals surface area contributed by atoms with Crippen molar-refractivity contribution < 1.29 is 13.2 Å². The van der Waals surface area contributed by atoms with Gasteiger partial charge in [0.25, 0.3) is 0 Å². The zero-order chi connectivity index (χ0) is 13.9. The molecule has 1 rings (SSSR count). The van der Waals surface area contributed by atoms with Gasteiger partial charge in [-0.05, 0) is 37.6 Å². The quantitative estimate of drug-likeness (QED) is 0.640. The molecule has 1 aromatic carbocycles. The summed E-state index contributed by atoms with van der Waals surface area (Å²) in [7, 11) is -1.79. The number of benzene rings is 1. The topological polar surface area (TPSA) is 80.5 Å². The van der Waals surface area contributed by atoms with Gasteiger partial charge in [-0.15, -0.1) is 0 Å². The first kappa shape index (κ1) is 14.5. The van der Waals surface area contributed by atoms with Gasteiger partial charge in [0.2, 0.25) is 6.41 Å². The smallest absolute Gasteiger partial charge is 0.209 e. The summed E-state index contributed by atoms with van der Waals surface area (Å²) >= 11 is 0. The minimum absolute atomic E-state index is 0.218. The van der Waals surface area contributed by atoms with Crippen LogP contribution in [-0.4, -0.2) is 32.0 Å². The van der Waals surface area contributed by atoms with E-state index in [0.717, 1.165) is 0 Å². The lowest BCUT2D eigenvalue weighted by Crippen LogP contribution is -2.20. The van der Waals surface area contributed by atoms with Gasteiger partial charge >= 0.3 is 0 Å². The normalized spacial score (nSPS) is 11.6. The number of carbonyl (C=O) groups is 1. The fraction of sp³-hybridized carbons (Fsp3) is 0.417. The molecule has 0 spiro atoms. The van der Waals surface area contributed by atoms with Crippen molar-refractivity contribution >= 4 is 21.9 Å². The highest BCUT2D eigenvalue weighted by molar-refractivity contribution is 7.92. The first-order valence-corrected chi connectivity index (χ1v) is 7.11. The van der Waals surface area contributed by atoms with E-state index in [9.17, 15) is 13.2 Å². The number of nitrogen functional groups attached to an aromatic ring is 1. The number of sulfone groups is 1. The molecular weight excluding hydrogens is 252 g/mol. The Kier molecular flexibility index (Phi) is 4.34. The van der Waals surface area contributed by atoms with Gasteiger partial charge in [0, 0.05) is 19.3 Å². The average molecular weight is 270 g/mol. The van der Waals surface area contributed by atoms with Crippen LogP contribution in [-0.2, 0) is 21.2 Å². The first-order valence-electron chi connectivity index (χ1n) is 5.57. The van der Waals surface area contributed by atoms with Crippen molar-refractivity contribution in [2.45, 2.75) is 30.5 Å². The van der Waals surface area contributed by atoms with Crippen LogP contribution in [0.5, 0.6) is 0 Å². The largest absolute Gasteiger partial charge is 0.399 e. The molecule has 100 valence electrons. The molecule has 2 N–H and O–H groups in total. The second-order valence-electron chi connectivity index (χ2n) is 4.48. The molecule has 0 saturated heterocycles. The van der Waals surface area contributed by atoms with E-state index in [1.165, 1.54) is 11.0 Å². The molecule has 0 aliphatic rings. The summed E-state index contributed by atoms with van der Waals surface area (Å²) in [6.07, 6.45) is 0.648. The third-order valence-electron chi connectivity index (χ3n) is 2.61. The zero-order valence-corrected chi connectivity index (χ0v) is 11.6. The molecule has 0 radical (unpaired) electrons. The summed E-state index contributed by atoms with van der Waals surface area (Å²) in [4.78, 5) is 12.2. The van der Waals surface area contributed by atoms with Crippen LogP contribution in [0.1, 0.15) is 19.4 Å². The molecule has 5 nitrogen and oxygen atoms in total. The van der Waals surface area contributed by atoms with Crippen LogP contribution in [0.2, 0.25) is 0 Å². The Labute approximate surface area is 108 Å². The molecule has 0 aliphatic carbocycles. The first-order chi connectivity index (χ1) is 8.28. The van der Waals surface area contributed by atoms with E-state index >= 15 is 0 Å². The maximum Gasteiger partial charge on any atom is 0.209 e. The van der Waals surface area contributed by atoms with Gasteiger partial charge in [-0.1, -0.05) is 0 Å². The van der Waals surface area contributed by atoms with Crippen LogP contribution in [0.25, 0.3) is 0 Å². The summed E-state index contributed by atoms with van der Waals surface area (Å²) in [5, 5.41) is -0.513. The summed E-state index contributed by atoms with van der Waals surface area (Å²) in [6.45, 7) is 3.47. The number of rotatable bonds is 5. The number of hydrogen-bond acceptors (Lipinski definition) is 4. The van der Waals surface area contributed by atoms with E-state index < -0.39 is 15.1 Å².